The van der Waals surface area contributed by atoms with Crippen molar-refractivity contribution in [2.45, 2.75) is 38.4 Å². The Morgan fingerprint density at radius 3 is 2.67 bits per heavy atom. The van der Waals surface area contributed by atoms with Gasteiger partial charge in [-0.25, -0.2) is 13.4 Å². The third-order valence-electron chi connectivity index (χ3n) is 3.37. The molecular weight excluding hydrogens is 250 g/mol. The summed E-state index contributed by atoms with van der Waals surface area (Å²) in [6, 6.07) is 0.572. The smallest absolute Gasteiger partial charge is 0.148 e. The van der Waals surface area contributed by atoms with E-state index in [1.165, 1.54) is 19.1 Å². The van der Waals surface area contributed by atoms with Crippen LogP contribution in [0.1, 0.15) is 25.6 Å². The van der Waals surface area contributed by atoms with E-state index >= 15 is 0 Å². The molecule has 102 valence electrons. The molecule has 1 fully saturated rings. The molecule has 1 aromatic rings. The van der Waals surface area contributed by atoms with Crippen molar-refractivity contribution in [3.63, 3.8) is 0 Å². The standard InChI is InChI=1S/C12H21N3O2S/c1-10(9-18(3,16)17)15(11-4-5-11)8-12-13-6-7-14(12)2/h6-7,10-11H,4-5,8-9H2,1-3H3. The summed E-state index contributed by atoms with van der Waals surface area (Å²) < 4.78 is 24.8. The molecule has 1 aliphatic rings. The highest BCUT2D eigenvalue weighted by Gasteiger charge is 2.33. The van der Waals surface area contributed by atoms with Gasteiger partial charge in [0.15, 0.2) is 0 Å². The third kappa shape index (κ3) is 3.55. The Kier molecular flexibility index (Phi) is 3.77. The van der Waals surface area contributed by atoms with Gasteiger partial charge in [-0.15, -0.1) is 0 Å². The Labute approximate surface area is 109 Å². The fourth-order valence-corrected chi connectivity index (χ4v) is 3.36. The molecule has 0 aromatic carbocycles. The summed E-state index contributed by atoms with van der Waals surface area (Å²) in [6.07, 6.45) is 7.33. The number of aromatic nitrogens is 2. The van der Waals surface area contributed by atoms with Crippen LogP contribution in [0.5, 0.6) is 0 Å². The van der Waals surface area contributed by atoms with Gasteiger partial charge in [0, 0.05) is 37.8 Å². The van der Waals surface area contributed by atoms with E-state index < -0.39 is 9.84 Å². The molecule has 18 heavy (non-hydrogen) atoms. The van der Waals surface area contributed by atoms with Crippen LogP contribution in [0.25, 0.3) is 0 Å². The summed E-state index contributed by atoms with van der Waals surface area (Å²) >= 11 is 0. The highest BCUT2D eigenvalue weighted by molar-refractivity contribution is 7.90. The first-order valence-electron chi connectivity index (χ1n) is 6.26. The van der Waals surface area contributed by atoms with Crippen molar-refractivity contribution in [3.8, 4) is 0 Å². The molecule has 0 aliphatic heterocycles. The molecule has 0 N–H and O–H groups in total. The minimum Gasteiger partial charge on any atom is -0.337 e. The molecule has 0 saturated heterocycles. The molecule has 5 nitrogen and oxygen atoms in total. The summed E-state index contributed by atoms with van der Waals surface area (Å²) in [6.45, 7) is 2.72. The maximum atomic E-state index is 11.4. The van der Waals surface area contributed by atoms with Gasteiger partial charge >= 0.3 is 0 Å². The Morgan fingerprint density at radius 2 is 2.22 bits per heavy atom. The zero-order valence-corrected chi connectivity index (χ0v) is 12.0. The quantitative estimate of drug-likeness (QED) is 0.768. The topological polar surface area (TPSA) is 55.2 Å². The molecule has 2 rings (SSSR count). The van der Waals surface area contributed by atoms with E-state index in [2.05, 4.69) is 9.88 Å². The average Bonchev–Trinajstić information content (AvgIpc) is 2.97. The van der Waals surface area contributed by atoms with Gasteiger partial charge in [-0.2, -0.15) is 0 Å². The van der Waals surface area contributed by atoms with Crippen LogP contribution < -0.4 is 0 Å². The second-order valence-electron chi connectivity index (χ2n) is 5.30. The molecule has 0 radical (unpaired) electrons. The van der Waals surface area contributed by atoms with E-state index in [4.69, 9.17) is 0 Å². The van der Waals surface area contributed by atoms with Gasteiger partial charge in [-0.1, -0.05) is 0 Å². The zero-order chi connectivity index (χ0) is 13.3. The number of rotatable bonds is 6. The van der Waals surface area contributed by atoms with Crippen LogP contribution in [0.15, 0.2) is 12.4 Å². The number of sulfone groups is 1. The minimum absolute atomic E-state index is 0.0456. The Hall–Kier alpha value is -0.880. The van der Waals surface area contributed by atoms with Gasteiger partial charge in [0.1, 0.15) is 15.7 Å². The molecule has 0 bridgehead atoms. The molecule has 1 atom stereocenters. The maximum Gasteiger partial charge on any atom is 0.148 e. The predicted molar refractivity (Wildman–Crippen MR) is 70.9 cm³/mol. The van der Waals surface area contributed by atoms with Gasteiger partial charge in [0.05, 0.1) is 12.3 Å². The fraction of sp³-hybridized carbons (Fsp3) is 0.750. The lowest BCUT2D eigenvalue weighted by atomic mass is 10.3. The fourth-order valence-electron chi connectivity index (χ4n) is 2.30. The van der Waals surface area contributed by atoms with Crippen LogP contribution in [0.2, 0.25) is 0 Å². The highest BCUT2D eigenvalue weighted by atomic mass is 32.2. The normalized spacial score (nSPS) is 18.2. The molecule has 1 unspecified atom stereocenters. The van der Waals surface area contributed by atoms with Crippen molar-refractivity contribution in [1.82, 2.24) is 14.5 Å². The lowest BCUT2D eigenvalue weighted by Crippen LogP contribution is -2.39. The van der Waals surface area contributed by atoms with Gasteiger partial charge in [0.25, 0.3) is 0 Å². The van der Waals surface area contributed by atoms with E-state index in [-0.39, 0.29) is 11.8 Å². The van der Waals surface area contributed by atoms with Gasteiger partial charge < -0.3 is 4.57 Å². The van der Waals surface area contributed by atoms with Gasteiger partial charge in [-0.05, 0) is 19.8 Å². The predicted octanol–water partition coefficient (Wildman–Crippen LogP) is 0.818. The monoisotopic (exact) mass is 271 g/mol. The minimum atomic E-state index is -2.93. The lowest BCUT2D eigenvalue weighted by molar-refractivity contribution is 0.197. The third-order valence-corrected chi connectivity index (χ3v) is 4.46. The van der Waals surface area contributed by atoms with Crippen LogP contribution in [0.4, 0.5) is 0 Å². The van der Waals surface area contributed by atoms with Crippen molar-refractivity contribution in [1.29, 1.82) is 0 Å². The van der Waals surface area contributed by atoms with Crippen LogP contribution >= 0.6 is 0 Å². The van der Waals surface area contributed by atoms with Gasteiger partial charge in [0.2, 0.25) is 0 Å². The Balaban J connectivity index is 2.07. The number of hydrogen-bond acceptors (Lipinski definition) is 4. The SMILES string of the molecule is CC(CS(C)(=O)=O)N(Cc1nccn1C)C1CC1. The first kappa shape index (κ1) is 13.5. The summed E-state index contributed by atoms with van der Waals surface area (Å²) in [5, 5.41) is 0. The zero-order valence-electron chi connectivity index (χ0n) is 11.2. The first-order valence-corrected chi connectivity index (χ1v) is 8.32. The van der Waals surface area contributed by atoms with Crippen molar-refractivity contribution >= 4 is 9.84 Å². The van der Waals surface area contributed by atoms with Crippen LogP contribution in [0.3, 0.4) is 0 Å². The van der Waals surface area contributed by atoms with Crippen molar-refractivity contribution < 1.29 is 8.42 Å². The number of imidazole rings is 1. The molecule has 1 saturated carbocycles. The summed E-state index contributed by atoms with van der Waals surface area (Å²) in [4.78, 5) is 6.58. The van der Waals surface area contributed by atoms with E-state index in [9.17, 15) is 8.42 Å². The number of aryl methyl sites for hydroxylation is 1. The summed E-state index contributed by atoms with van der Waals surface area (Å²) in [5.41, 5.74) is 0. The molecule has 0 amide bonds. The van der Waals surface area contributed by atoms with Gasteiger partial charge in [-0.3, -0.25) is 4.90 Å². The Morgan fingerprint density at radius 1 is 1.56 bits per heavy atom. The number of hydrogen-bond donors (Lipinski definition) is 0. The highest BCUT2D eigenvalue weighted by Crippen LogP contribution is 2.30. The molecule has 1 heterocycles. The number of nitrogens with zero attached hydrogens (tertiary/aromatic N) is 3. The summed E-state index contributed by atoms with van der Waals surface area (Å²) in [5.74, 6) is 1.20. The van der Waals surface area contributed by atoms with E-state index in [0.717, 1.165) is 12.4 Å². The van der Waals surface area contributed by atoms with Crippen LogP contribution in [0, 0.1) is 0 Å². The summed E-state index contributed by atoms with van der Waals surface area (Å²) in [7, 11) is -0.965. The molecule has 0 spiro atoms. The second-order valence-corrected chi connectivity index (χ2v) is 7.48. The average molecular weight is 271 g/mol. The van der Waals surface area contributed by atoms with Crippen molar-refractivity contribution in [2.24, 2.45) is 7.05 Å². The largest absolute Gasteiger partial charge is 0.337 e. The van der Waals surface area contributed by atoms with E-state index in [1.54, 1.807) is 6.20 Å². The molecule has 6 heteroatoms. The first-order chi connectivity index (χ1) is 8.37. The van der Waals surface area contributed by atoms with Crippen molar-refractivity contribution in [2.75, 3.05) is 12.0 Å². The molecule has 1 aromatic heterocycles. The van der Waals surface area contributed by atoms with E-state index in [1.807, 2.05) is 24.7 Å². The van der Waals surface area contributed by atoms with E-state index in [0.29, 0.717) is 6.04 Å². The van der Waals surface area contributed by atoms with Crippen LogP contribution in [-0.4, -0.2) is 47.0 Å². The Bertz CT molecular complexity index is 505. The van der Waals surface area contributed by atoms with Crippen molar-refractivity contribution in [3.05, 3.63) is 18.2 Å². The maximum absolute atomic E-state index is 11.4. The van der Waals surface area contributed by atoms with Crippen LogP contribution in [-0.2, 0) is 23.4 Å². The second kappa shape index (κ2) is 5.01. The molecular formula is C12H21N3O2S. The molecule has 1 aliphatic carbocycles. The lowest BCUT2D eigenvalue weighted by Gasteiger charge is -2.28.